The zero-order chi connectivity index (χ0) is 30.2. The minimum Gasteiger partial charge on any atom is -0.508 e. The van der Waals surface area contributed by atoms with Crippen LogP contribution in [-0.2, 0) is 33.3 Å². The molecule has 230 valence electrons. The van der Waals surface area contributed by atoms with Crippen LogP contribution in [0, 0.1) is 17.3 Å². The molecule has 1 aromatic rings. The van der Waals surface area contributed by atoms with Crippen LogP contribution >= 0.6 is 0 Å². The van der Waals surface area contributed by atoms with E-state index in [1.807, 2.05) is 26.8 Å². The van der Waals surface area contributed by atoms with Crippen molar-refractivity contribution >= 4 is 11.9 Å². The molecular weight excluding hydrogens is 532 g/mol. The third-order valence-electron chi connectivity index (χ3n) is 9.29. The molecular formula is C31H46O10. The van der Waals surface area contributed by atoms with Crippen LogP contribution in [0.2, 0.25) is 0 Å². The van der Waals surface area contributed by atoms with Crippen LogP contribution in [0.5, 0.6) is 5.75 Å². The van der Waals surface area contributed by atoms with Gasteiger partial charge in [0.2, 0.25) is 0 Å². The second-order valence-corrected chi connectivity index (χ2v) is 12.9. The number of fused-ring (bicyclic) bond motifs is 2. The predicted octanol–water partition coefficient (Wildman–Crippen LogP) is 4.14. The van der Waals surface area contributed by atoms with Gasteiger partial charge in [-0.15, -0.1) is 0 Å². The van der Waals surface area contributed by atoms with E-state index in [9.17, 15) is 24.9 Å². The van der Waals surface area contributed by atoms with Crippen molar-refractivity contribution in [3.05, 3.63) is 29.8 Å². The van der Waals surface area contributed by atoms with E-state index in [0.717, 1.165) is 5.56 Å². The molecule has 3 N–H and O–H groups in total. The molecule has 3 aliphatic rings. The normalized spacial score (nSPS) is 36.1. The summed E-state index contributed by atoms with van der Waals surface area (Å²) in [5.74, 6) is -4.60. The SMILES string of the molecule is CO[C@@H](CC[C@H](C)[C@H]1O[C@]23C[C@H](OC(=O)C[C@H]([C@@H](C)O)OC(=O)C[C@@](O)(CCC2(C)C)O3)C1C)c1cccc(O)c1. The number of hydrogen-bond acceptors (Lipinski definition) is 10. The van der Waals surface area contributed by atoms with Crippen LogP contribution in [0.3, 0.4) is 0 Å². The molecule has 1 unspecified atom stereocenters. The second-order valence-electron chi connectivity index (χ2n) is 12.9. The summed E-state index contributed by atoms with van der Waals surface area (Å²) in [6.07, 6.45) is -1.97. The van der Waals surface area contributed by atoms with Crippen molar-refractivity contribution in [1.82, 2.24) is 0 Å². The summed E-state index contributed by atoms with van der Waals surface area (Å²) in [6.45, 7) is 9.49. The summed E-state index contributed by atoms with van der Waals surface area (Å²) >= 11 is 0. The highest BCUT2D eigenvalue weighted by molar-refractivity contribution is 5.73. The molecule has 41 heavy (non-hydrogen) atoms. The Kier molecular flexibility index (Phi) is 9.40. The lowest BCUT2D eigenvalue weighted by Gasteiger charge is -2.59. The molecule has 0 amide bonds. The number of hydrogen-bond donors (Lipinski definition) is 3. The molecule has 3 fully saturated rings. The van der Waals surface area contributed by atoms with E-state index in [0.29, 0.717) is 19.3 Å². The zero-order valence-corrected chi connectivity index (χ0v) is 25.0. The van der Waals surface area contributed by atoms with Gasteiger partial charge >= 0.3 is 11.9 Å². The molecule has 4 rings (SSSR count). The van der Waals surface area contributed by atoms with Gasteiger partial charge in [-0.3, -0.25) is 9.59 Å². The third kappa shape index (κ3) is 6.88. The monoisotopic (exact) mass is 578 g/mol. The van der Waals surface area contributed by atoms with Gasteiger partial charge in [0.15, 0.2) is 11.6 Å². The van der Waals surface area contributed by atoms with E-state index in [2.05, 4.69) is 6.92 Å². The average Bonchev–Trinajstić information content (AvgIpc) is 2.88. The standard InChI is InChI=1S/C31H46O10/c1-18(10-11-23(37-6)21-8-7-9-22(33)14-21)28-19(2)25-16-31(40-28)29(4,5)12-13-30(36,41-31)17-27(35)38-24(20(3)32)15-26(34)39-25/h7-9,14,18-20,23-25,28,32-33,36H,10-13,15-17H2,1-6H3/t18-,19?,20+,23-,24+,25-,28+,30+,31-/m0/s1. The quantitative estimate of drug-likeness (QED) is 0.404. The van der Waals surface area contributed by atoms with Crippen LogP contribution in [0.1, 0.15) is 91.2 Å². The Hall–Kier alpha value is -2.24. The maximum Gasteiger partial charge on any atom is 0.311 e. The summed E-state index contributed by atoms with van der Waals surface area (Å²) < 4.78 is 30.4. The fourth-order valence-corrected chi connectivity index (χ4v) is 6.49. The fourth-order valence-electron chi connectivity index (χ4n) is 6.49. The second kappa shape index (κ2) is 12.2. The number of phenolic OH excluding ortho intramolecular Hbond substituents is 1. The number of esters is 2. The van der Waals surface area contributed by atoms with Gasteiger partial charge in [-0.1, -0.05) is 39.8 Å². The van der Waals surface area contributed by atoms with Gasteiger partial charge in [-0.2, -0.15) is 0 Å². The van der Waals surface area contributed by atoms with Gasteiger partial charge in [0.05, 0.1) is 31.2 Å². The van der Waals surface area contributed by atoms with Crippen molar-refractivity contribution in [3.8, 4) is 5.75 Å². The van der Waals surface area contributed by atoms with Crippen molar-refractivity contribution in [2.45, 2.75) is 122 Å². The maximum atomic E-state index is 13.1. The summed E-state index contributed by atoms with van der Waals surface area (Å²) in [5, 5.41) is 31.6. The van der Waals surface area contributed by atoms with Crippen molar-refractivity contribution in [1.29, 1.82) is 0 Å². The van der Waals surface area contributed by atoms with Crippen LogP contribution in [-0.4, -0.2) is 70.4 Å². The fraction of sp³-hybridized carbons (Fsp3) is 0.742. The minimum absolute atomic E-state index is 0.0316. The Morgan fingerprint density at radius 2 is 1.83 bits per heavy atom. The third-order valence-corrected chi connectivity index (χ3v) is 9.29. The molecule has 0 aromatic heterocycles. The first-order valence-electron chi connectivity index (χ1n) is 14.7. The highest BCUT2D eigenvalue weighted by Gasteiger charge is 2.62. The predicted molar refractivity (Wildman–Crippen MR) is 147 cm³/mol. The first kappa shape index (κ1) is 31.7. The molecule has 1 aromatic carbocycles. The van der Waals surface area contributed by atoms with Crippen molar-refractivity contribution < 1.29 is 48.6 Å². The highest BCUT2D eigenvalue weighted by atomic mass is 16.8. The number of rotatable bonds is 7. The van der Waals surface area contributed by atoms with Crippen LogP contribution in [0.25, 0.3) is 0 Å². The van der Waals surface area contributed by atoms with E-state index in [1.54, 1.807) is 25.3 Å². The lowest BCUT2D eigenvalue weighted by atomic mass is 9.68. The van der Waals surface area contributed by atoms with E-state index in [-0.39, 0.29) is 43.0 Å². The Bertz CT molecular complexity index is 1090. The number of aromatic hydroxyl groups is 1. The molecule has 0 saturated carbocycles. The topological polar surface area (TPSA) is 141 Å². The van der Waals surface area contributed by atoms with E-state index in [1.165, 1.54) is 6.92 Å². The lowest BCUT2D eigenvalue weighted by molar-refractivity contribution is -0.440. The Labute approximate surface area is 242 Å². The van der Waals surface area contributed by atoms with Crippen LogP contribution in [0.4, 0.5) is 0 Å². The lowest BCUT2D eigenvalue weighted by Crippen LogP contribution is -2.66. The maximum absolute atomic E-state index is 13.1. The number of aliphatic hydroxyl groups is 2. The number of aliphatic hydroxyl groups excluding tert-OH is 1. The van der Waals surface area contributed by atoms with Crippen LogP contribution in [0.15, 0.2) is 24.3 Å². The number of methoxy groups -OCH3 is 1. The molecule has 3 heterocycles. The van der Waals surface area contributed by atoms with E-state index >= 15 is 0 Å². The molecule has 3 bridgehead atoms. The van der Waals surface area contributed by atoms with Crippen LogP contribution < -0.4 is 0 Å². The number of carbonyl (C=O) groups excluding carboxylic acids is 2. The molecule has 10 heteroatoms. The molecule has 9 atom stereocenters. The van der Waals surface area contributed by atoms with Gasteiger partial charge in [-0.25, -0.2) is 0 Å². The summed E-state index contributed by atoms with van der Waals surface area (Å²) in [6, 6.07) is 7.01. The number of carbonyl (C=O) groups is 2. The Balaban J connectivity index is 1.64. The molecule has 0 aliphatic carbocycles. The smallest absolute Gasteiger partial charge is 0.311 e. The largest absolute Gasteiger partial charge is 0.508 e. The summed E-state index contributed by atoms with van der Waals surface area (Å²) in [5.41, 5.74) is 0.297. The van der Waals surface area contributed by atoms with Gasteiger partial charge in [0.1, 0.15) is 18.0 Å². The van der Waals surface area contributed by atoms with E-state index < -0.39 is 59.8 Å². The van der Waals surface area contributed by atoms with Gasteiger partial charge in [0, 0.05) is 31.3 Å². The molecule has 3 saturated heterocycles. The highest BCUT2D eigenvalue weighted by Crippen LogP contribution is 2.55. The summed E-state index contributed by atoms with van der Waals surface area (Å²) in [7, 11) is 1.64. The molecule has 0 radical (unpaired) electrons. The summed E-state index contributed by atoms with van der Waals surface area (Å²) in [4.78, 5) is 25.9. The molecule has 1 spiro atoms. The number of benzene rings is 1. The molecule has 10 nitrogen and oxygen atoms in total. The minimum atomic E-state index is -1.84. The number of cyclic esters (lactones) is 1. The number of ether oxygens (including phenoxy) is 5. The van der Waals surface area contributed by atoms with Crippen molar-refractivity contribution in [2.24, 2.45) is 17.3 Å². The first-order valence-corrected chi connectivity index (χ1v) is 14.7. The van der Waals surface area contributed by atoms with Crippen molar-refractivity contribution in [2.75, 3.05) is 7.11 Å². The average molecular weight is 579 g/mol. The number of phenols is 1. The molecule has 3 aliphatic heterocycles. The van der Waals surface area contributed by atoms with Gasteiger partial charge in [0.25, 0.3) is 0 Å². The van der Waals surface area contributed by atoms with Gasteiger partial charge < -0.3 is 39.0 Å². The Morgan fingerprint density at radius 1 is 1.10 bits per heavy atom. The van der Waals surface area contributed by atoms with Gasteiger partial charge in [-0.05, 0) is 49.8 Å². The zero-order valence-electron chi connectivity index (χ0n) is 25.0. The van der Waals surface area contributed by atoms with E-state index in [4.69, 9.17) is 23.7 Å². The Morgan fingerprint density at radius 3 is 2.49 bits per heavy atom. The van der Waals surface area contributed by atoms with Crippen molar-refractivity contribution in [3.63, 3.8) is 0 Å². The first-order chi connectivity index (χ1) is 19.2.